The van der Waals surface area contributed by atoms with Crippen LogP contribution in [0.2, 0.25) is 0 Å². The minimum absolute atomic E-state index is 0.194. The smallest absolute Gasteiger partial charge is 0.409 e. The number of amides is 1. The fourth-order valence-electron chi connectivity index (χ4n) is 4.06. The largest absolute Gasteiger partial charge is 0.493 e. The van der Waals surface area contributed by atoms with Crippen molar-refractivity contribution >= 4 is 11.8 Å². The maximum absolute atomic E-state index is 13.2. The first kappa shape index (κ1) is 23.4. The number of piperidine rings is 1. The van der Waals surface area contributed by atoms with Crippen molar-refractivity contribution in [2.75, 3.05) is 31.8 Å². The van der Waals surface area contributed by atoms with Crippen LogP contribution in [0.15, 0.2) is 72.8 Å². The molecule has 3 aromatic carbocycles. The van der Waals surface area contributed by atoms with Crippen molar-refractivity contribution in [3.05, 3.63) is 84.2 Å². The van der Waals surface area contributed by atoms with Crippen LogP contribution in [0, 0.1) is 11.7 Å². The lowest BCUT2D eigenvalue weighted by Gasteiger charge is -2.32. The van der Waals surface area contributed by atoms with Crippen molar-refractivity contribution in [2.24, 2.45) is 5.92 Å². The van der Waals surface area contributed by atoms with Gasteiger partial charge in [-0.05, 0) is 60.8 Å². The molecule has 34 heavy (non-hydrogen) atoms. The summed E-state index contributed by atoms with van der Waals surface area (Å²) in [4.78, 5) is 10.1. The molecule has 2 aliphatic rings. The predicted molar refractivity (Wildman–Crippen MR) is 126 cm³/mol. The Kier molecular flexibility index (Phi) is 7.83. The summed E-state index contributed by atoms with van der Waals surface area (Å²) in [6, 6.07) is 21.2. The first-order valence-corrected chi connectivity index (χ1v) is 11.1. The van der Waals surface area contributed by atoms with E-state index in [1.165, 1.54) is 17.7 Å². The van der Waals surface area contributed by atoms with Crippen molar-refractivity contribution in [2.45, 2.75) is 12.3 Å². The Morgan fingerprint density at radius 2 is 1.82 bits per heavy atom. The third kappa shape index (κ3) is 6.39. The molecule has 2 aliphatic heterocycles. The number of ether oxygens (including phenoxy) is 3. The molecule has 7 nitrogen and oxygen atoms in total. The second kappa shape index (κ2) is 11.4. The Bertz CT molecular complexity index is 1080. The van der Waals surface area contributed by atoms with Crippen LogP contribution in [0.4, 0.5) is 14.9 Å². The zero-order chi connectivity index (χ0) is 23.8. The topological polar surface area (TPSA) is 89.0 Å². The highest BCUT2D eigenvalue weighted by atomic mass is 19.1. The van der Waals surface area contributed by atoms with Gasteiger partial charge in [0.1, 0.15) is 11.6 Å². The second-order valence-corrected chi connectivity index (χ2v) is 8.03. The molecular weight excluding hydrogens is 439 g/mol. The summed E-state index contributed by atoms with van der Waals surface area (Å²) < 4.78 is 29.9. The van der Waals surface area contributed by atoms with Crippen molar-refractivity contribution in [1.82, 2.24) is 5.32 Å². The Hall–Kier alpha value is -3.78. The molecular formula is C26H27FN2O5. The summed E-state index contributed by atoms with van der Waals surface area (Å²) in [6.45, 7) is 2.74. The number of nitrogens with one attached hydrogen (secondary N) is 2. The molecule has 0 bridgehead atoms. The van der Waals surface area contributed by atoms with Gasteiger partial charge in [-0.1, -0.05) is 30.3 Å². The van der Waals surface area contributed by atoms with Crippen molar-refractivity contribution < 1.29 is 28.5 Å². The number of rotatable bonds is 5. The fourth-order valence-corrected chi connectivity index (χ4v) is 4.06. The SMILES string of the molecule is Fc1ccc([C@@H]2CCNC[C@H]2COc2ccc3c(c2)OCO3)cc1.O=C(O)Nc1ccccc1. The van der Waals surface area contributed by atoms with Gasteiger partial charge in [0.15, 0.2) is 11.5 Å². The van der Waals surface area contributed by atoms with E-state index < -0.39 is 6.09 Å². The van der Waals surface area contributed by atoms with Gasteiger partial charge in [-0.2, -0.15) is 0 Å². The molecule has 0 saturated carbocycles. The van der Waals surface area contributed by atoms with Gasteiger partial charge in [-0.15, -0.1) is 0 Å². The Morgan fingerprint density at radius 1 is 1.06 bits per heavy atom. The van der Waals surface area contributed by atoms with Crippen LogP contribution in [0.5, 0.6) is 17.2 Å². The van der Waals surface area contributed by atoms with Crippen LogP contribution in [0.3, 0.4) is 0 Å². The summed E-state index contributed by atoms with van der Waals surface area (Å²) in [5.74, 6) is 2.79. The number of fused-ring (bicyclic) bond motifs is 1. The van der Waals surface area contributed by atoms with Crippen LogP contribution in [0.1, 0.15) is 17.9 Å². The minimum atomic E-state index is -1.04. The fraction of sp³-hybridized carbons (Fsp3) is 0.269. The average molecular weight is 467 g/mol. The second-order valence-electron chi connectivity index (χ2n) is 8.03. The maximum atomic E-state index is 13.2. The molecule has 0 unspecified atom stereocenters. The molecule has 1 amide bonds. The molecule has 0 aromatic heterocycles. The Balaban J connectivity index is 0.000000231. The van der Waals surface area contributed by atoms with Crippen LogP contribution < -0.4 is 24.8 Å². The predicted octanol–water partition coefficient (Wildman–Crippen LogP) is 5.10. The van der Waals surface area contributed by atoms with Crippen molar-refractivity contribution in [3.8, 4) is 17.2 Å². The molecule has 3 aromatic rings. The van der Waals surface area contributed by atoms with Gasteiger partial charge in [-0.25, -0.2) is 9.18 Å². The first-order chi connectivity index (χ1) is 16.6. The molecule has 3 N–H and O–H groups in total. The van der Waals surface area contributed by atoms with Gasteiger partial charge in [-0.3, -0.25) is 5.32 Å². The summed E-state index contributed by atoms with van der Waals surface area (Å²) >= 11 is 0. The number of carbonyl (C=O) groups is 1. The maximum Gasteiger partial charge on any atom is 0.409 e. The average Bonchev–Trinajstić information content (AvgIpc) is 3.32. The molecule has 178 valence electrons. The molecule has 0 spiro atoms. The van der Waals surface area contributed by atoms with Crippen LogP contribution in [-0.2, 0) is 0 Å². The normalized spacial score (nSPS) is 18.4. The lowest BCUT2D eigenvalue weighted by Crippen LogP contribution is -2.38. The van der Waals surface area contributed by atoms with E-state index in [9.17, 15) is 9.18 Å². The minimum Gasteiger partial charge on any atom is -0.493 e. The number of hydrogen-bond acceptors (Lipinski definition) is 5. The number of hydrogen-bond donors (Lipinski definition) is 3. The number of para-hydroxylation sites is 1. The number of benzene rings is 3. The van der Waals surface area contributed by atoms with E-state index in [0.717, 1.165) is 36.8 Å². The molecule has 0 aliphatic carbocycles. The Labute approximate surface area is 197 Å². The van der Waals surface area contributed by atoms with Gasteiger partial charge in [0.2, 0.25) is 6.79 Å². The number of carboxylic acid groups (broad SMARTS) is 1. The van der Waals surface area contributed by atoms with Gasteiger partial charge in [0.25, 0.3) is 0 Å². The highest BCUT2D eigenvalue weighted by Crippen LogP contribution is 2.36. The number of halogens is 1. The zero-order valence-electron chi connectivity index (χ0n) is 18.6. The molecule has 8 heteroatoms. The molecule has 0 radical (unpaired) electrons. The van der Waals surface area contributed by atoms with Crippen molar-refractivity contribution in [3.63, 3.8) is 0 Å². The van der Waals surface area contributed by atoms with Gasteiger partial charge >= 0.3 is 6.09 Å². The number of anilines is 1. The standard InChI is InChI=1S/C19H20FNO3.C7H7NO2/c20-15-3-1-13(2-4-15)17-7-8-21-10-14(17)11-22-16-5-6-18-19(9-16)24-12-23-18;9-7(10)8-6-4-2-1-3-5-6/h1-6,9,14,17,21H,7-8,10-12H2;1-5,8H,(H,9,10)/t14-,17-;/m0./s1. The van der Waals surface area contributed by atoms with Gasteiger partial charge < -0.3 is 24.6 Å². The summed E-state index contributed by atoms with van der Waals surface area (Å²) in [7, 11) is 0. The van der Waals surface area contributed by atoms with E-state index in [0.29, 0.717) is 24.1 Å². The highest BCUT2D eigenvalue weighted by Gasteiger charge is 2.27. The lowest BCUT2D eigenvalue weighted by molar-refractivity contribution is 0.173. The van der Waals surface area contributed by atoms with Crippen LogP contribution in [0.25, 0.3) is 0 Å². The van der Waals surface area contributed by atoms with Crippen LogP contribution in [-0.4, -0.2) is 37.7 Å². The highest BCUT2D eigenvalue weighted by molar-refractivity contribution is 5.82. The zero-order valence-corrected chi connectivity index (χ0v) is 18.6. The molecule has 1 saturated heterocycles. The van der Waals surface area contributed by atoms with E-state index >= 15 is 0 Å². The summed E-state index contributed by atoms with van der Waals surface area (Å²) in [6.07, 6.45) is -0.00736. The summed E-state index contributed by atoms with van der Waals surface area (Å²) in [5.41, 5.74) is 1.77. The van der Waals surface area contributed by atoms with Gasteiger partial charge in [0.05, 0.1) is 6.61 Å². The third-order valence-electron chi connectivity index (χ3n) is 5.74. The van der Waals surface area contributed by atoms with E-state index in [2.05, 4.69) is 10.6 Å². The molecule has 1 fully saturated rings. The lowest BCUT2D eigenvalue weighted by atomic mass is 9.81. The Morgan fingerprint density at radius 3 is 2.59 bits per heavy atom. The molecule has 2 atom stereocenters. The first-order valence-electron chi connectivity index (χ1n) is 11.1. The van der Waals surface area contributed by atoms with E-state index in [4.69, 9.17) is 19.3 Å². The third-order valence-corrected chi connectivity index (χ3v) is 5.74. The summed E-state index contributed by atoms with van der Waals surface area (Å²) in [5, 5.41) is 13.9. The van der Waals surface area contributed by atoms with Crippen LogP contribution >= 0.6 is 0 Å². The van der Waals surface area contributed by atoms with E-state index in [1.807, 2.05) is 36.4 Å². The molecule has 2 heterocycles. The van der Waals surface area contributed by atoms with E-state index in [1.54, 1.807) is 24.3 Å². The monoisotopic (exact) mass is 466 g/mol. The van der Waals surface area contributed by atoms with Gasteiger partial charge in [0, 0.05) is 24.2 Å². The van der Waals surface area contributed by atoms with E-state index in [-0.39, 0.29) is 12.6 Å². The van der Waals surface area contributed by atoms with Crippen molar-refractivity contribution in [1.29, 1.82) is 0 Å². The molecule has 5 rings (SSSR count). The quantitative estimate of drug-likeness (QED) is 0.485.